The molecule has 19 heavy (non-hydrogen) atoms. The van der Waals surface area contributed by atoms with Crippen molar-refractivity contribution in [3.05, 3.63) is 29.6 Å². The lowest BCUT2D eigenvalue weighted by molar-refractivity contribution is 0.198. The second-order valence-electron chi connectivity index (χ2n) is 5.55. The van der Waals surface area contributed by atoms with Crippen molar-refractivity contribution in [2.24, 2.45) is 0 Å². The van der Waals surface area contributed by atoms with Crippen LogP contribution in [0.15, 0.2) is 18.2 Å². The van der Waals surface area contributed by atoms with E-state index in [0.717, 1.165) is 25.2 Å². The zero-order chi connectivity index (χ0) is 14.0. The van der Waals surface area contributed by atoms with E-state index in [1.807, 2.05) is 7.05 Å². The Labute approximate surface area is 114 Å². The molecule has 1 aromatic carbocycles. The summed E-state index contributed by atoms with van der Waals surface area (Å²) in [6.07, 6.45) is 1.66. The first-order chi connectivity index (χ1) is 8.99. The molecule has 1 fully saturated rings. The van der Waals surface area contributed by atoms with E-state index < -0.39 is 6.10 Å². The third-order valence-electron chi connectivity index (χ3n) is 3.97. The van der Waals surface area contributed by atoms with E-state index in [4.69, 9.17) is 0 Å². The minimum absolute atomic E-state index is 0.297. The Morgan fingerprint density at radius 3 is 2.84 bits per heavy atom. The fourth-order valence-corrected chi connectivity index (χ4v) is 2.83. The van der Waals surface area contributed by atoms with Crippen LogP contribution >= 0.6 is 0 Å². The number of piperidine rings is 1. The molecule has 106 valence electrons. The Morgan fingerprint density at radius 1 is 1.47 bits per heavy atom. The van der Waals surface area contributed by atoms with Crippen molar-refractivity contribution in [1.29, 1.82) is 0 Å². The van der Waals surface area contributed by atoms with Gasteiger partial charge in [0.1, 0.15) is 5.82 Å². The largest absolute Gasteiger partial charge is 0.389 e. The molecular formula is C15H23FN2O. The first kappa shape index (κ1) is 14.3. The highest BCUT2D eigenvalue weighted by Crippen LogP contribution is 2.29. The number of benzene rings is 1. The summed E-state index contributed by atoms with van der Waals surface area (Å²) in [6, 6.07) is 5.08. The lowest BCUT2D eigenvalue weighted by atomic mass is 10.0. The quantitative estimate of drug-likeness (QED) is 0.910. The number of anilines is 1. The van der Waals surface area contributed by atoms with Crippen molar-refractivity contribution >= 4 is 5.69 Å². The Hall–Kier alpha value is -1.13. The molecule has 0 spiro atoms. The zero-order valence-corrected chi connectivity index (χ0v) is 11.9. The predicted molar refractivity (Wildman–Crippen MR) is 76.0 cm³/mol. The van der Waals surface area contributed by atoms with Gasteiger partial charge in [-0.05, 0) is 51.6 Å². The standard InChI is InChI=1S/C15H23FN2O/c1-11(19)14-9-12(16)6-7-15(14)18(3)13-5-4-8-17(2)10-13/h6-7,9,11,13,19H,4-5,8,10H2,1-3H3/t11-,13?/m0/s1. The summed E-state index contributed by atoms with van der Waals surface area (Å²) in [5.41, 5.74) is 1.59. The van der Waals surface area contributed by atoms with Gasteiger partial charge >= 0.3 is 0 Å². The molecule has 2 atom stereocenters. The monoisotopic (exact) mass is 266 g/mol. The van der Waals surface area contributed by atoms with Crippen LogP contribution < -0.4 is 4.90 Å². The number of likely N-dealkylation sites (N-methyl/N-ethyl adjacent to an activating group) is 2. The number of aliphatic hydroxyl groups is 1. The van der Waals surface area contributed by atoms with E-state index in [-0.39, 0.29) is 5.82 Å². The van der Waals surface area contributed by atoms with Gasteiger partial charge in [-0.2, -0.15) is 0 Å². The van der Waals surface area contributed by atoms with Gasteiger partial charge in [0.2, 0.25) is 0 Å². The molecule has 1 heterocycles. The van der Waals surface area contributed by atoms with Gasteiger partial charge in [-0.25, -0.2) is 4.39 Å². The average molecular weight is 266 g/mol. The van der Waals surface area contributed by atoms with Crippen LogP contribution in [0, 0.1) is 5.82 Å². The Balaban J connectivity index is 2.25. The van der Waals surface area contributed by atoms with Crippen LogP contribution in [-0.2, 0) is 0 Å². The molecule has 0 saturated carbocycles. The molecule has 0 aromatic heterocycles. The fraction of sp³-hybridized carbons (Fsp3) is 0.600. The molecule has 1 saturated heterocycles. The maximum atomic E-state index is 13.3. The molecule has 2 rings (SSSR count). The van der Waals surface area contributed by atoms with Crippen molar-refractivity contribution < 1.29 is 9.50 Å². The molecule has 1 unspecified atom stereocenters. The maximum absolute atomic E-state index is 13.3. The number of hydrogen-bond donors (Lipinski definition) is 1. The summed E-state index contributed by atoms with van der Waals surface area (Å²) >= 11 is 0. The molecular weight excluding hydrogens is 243 g/mol. The molecule has 1 aliphatic heterocycles. The summed E-state index contributed by atoms with van der Waals surface area (Å²) in [5.74, 6) is -0.297. The zero-order valence-electron chi connectivity index (χ0n) is 11.9. The number of hydrogen-bond acceptors (Lipinski definition) is 3. The van der Waals surface area contributed by atoms with Gasteiger partial charge in [-0.3, -0.25) is 0 Å². The molecule has 4 heteroatoms. The predicted octanol–water partition coefficient (Wildman–Crippen LogP) is 2.41. The van der Waals surface area contributed by atoms with Crippen LogP contribution in [0.2, 0.25) is 0 Å². The van der Waals surface area contributed by atoms with Crippen LogP contribution in [-0.4, -0.2) is 43.2 Å². The molecule has 3 nitrogen and oxygen atoms in total. The van der Waals surface area contributed by atoms with Gasteiger partial charge < -0.3 is 14.9 Å². The summed E-state index contributed by atoms with van der Waals surface area (Å²) in [5, 5.41) is 9.82. The van der Waals surface area contributed by atoms with Crippen molar-refractivity contribution in [3.63, 3.8) is 0 Å². The van der Waals surface area contributed by atoms with E-state index in [0.29, 0.717) is 11.6 Å². The highest BCUT2D eigenvalue weighted by Gasteiger charge is 2.23. The number of nitrogens with zero attached hydrogens (tertiary/aromatic N) is 2. The minimum Gasteiger partial charge on any atom is -0.389 e. The molecule has 1 aromatic rings. The Morgan fingerprint density at radius 2 is 2.21 bits per heavy atom. The van der Waals surface area contributed by atoms with E-state index in [2.05, 4.69) is 16.8 Å². The number of aliphatic hydroxyl groups excluding tert-OH is 1. The van der Waals surface area contributed by atoms with Crippen molar-refractivity contribution in [3.8, 4) is 0 Å². The Kier molecular flexibility index (Phi) is 4.42. The van der Waals surface area contributed by atoms with Crippen molar-refractivity contribution in [2.75, 3.05) is 32.1 Å². The van der Waals surface area contributed by atoms with E-state index in [1.54, 1.807) is 13.0 Å². The Bertz CT molecular complexity index is 436. The molecule has 1 N–H and O–H groups in total. The van der Waals surface area contributed by atoms with Crippen molar-refractivity contribution in [1.82, 2.24) is 4.90 Å². The minimum atomic E-state index is -0.658. The average Bonchev–Trinajstić information content (AvgIpc) is 2.37. The highest BCUT2D eigenvalue weighted by atomic mass is 19.1. The van der Waals surface area contributed by atoms with Gasteiger partial charge in [0.25, 0.3) is 0 Å². The second-order valence-corrected chi connectivity index (χ2v) is 5.55. The van der Waals surface area contributed by atoms with E-state index >= 15 is 0 Å². The molecule has 0 radical (unpaired) electrons. The SMILES string of the molecule is C[C@H](O)c1cc(F)ccc1N(C)C1CCCN(C)C1. The third-order valence-corrected chi connectivity index (χ3v) is 3.97. The smallest absolute Gasteiger partial charge is 0.123 e. The van der Waals surface area contributed by atoms with Crippen LogP contribution in [0.25, 0.3) is 0 Å². The van der Waals surface area contributed by atoms with Crippen LogP contribution in [0.5, 0.6) is 0 Å². The summed E-state index contributed by atoms with van der Waals surface area (Å²) in [6.45, 7) is 3.82. The fourth-order valence-electron chi connectivity index (χ4n) is 2.83. The van der Waals surface area contributed by atoms with Crippen LogP contribution in [0.4, 0.5) is 10.1 Å². The summed E-state index contributed by atoms with van der Waals surface area (Å²) < 4.78 is 13.3. The maximum Gasteiger partial charge on any atom is 0.123 e. The number of halogens is 1. The molecule has 0 aliphatic carbocycles. The van der Waals surface area contributed by atoms with Gasteiger partial charge in [0.15, 0.2) is 0 Å². The molecule has 0 amide bonds. The van der Waals surface area contributed by atoms with E-state index in [9.17, 15) is 9.50 Å². The van der Waals surface area contributed by atoms with E-state index in [1.165, 1.54) is 18.6 Å². The number of likely N-dealkylation sites (tertiary alicyclic amines) is 1. The van der Waals surface area contributed by atoms with Crippen LogP contribution in [0.1, 0.15) is 31.4 Å². The van der Waals surface area contributed by atoms with Crippen molar-refractivity contribution in [2.45, 2.75) is 31.9 Å². The van der Waals surface area contributed by atoms with Gasteiger partial charge in [-0.1, -0.05) is 0 Å². The van der Waals surface area contributed by atoms with Crippen LogP contribution in [0.3, 0.4) is 0 Å². The summed E-state index contributed by atoms with van der Waals surface area (Å²) in [7, 11) is 4.16. The third kappa shape index (κ3) is 3.25. The first-order valence-corrected chi connectivity index (χ1v) is 6.88. The normalized spacial score (nSPS) is 22.3. The first-order valence-electron chi connectivity index (χ1n) is 6.88. The molecule has 1 aliphatic rings. The second kappa shape index (κ2) is 5.88. The lowest BCUT2D eigenvalue weighted by Crippen LogP contribution is -2.45. The lowest BCUT2D eigenvalue weighted by Gasteiger charge is -2.38. The number of rotatable bonds is 3. The topological polar surface area (TPSA) is 26.7 Å². The van der Waals surface area contributed by atoms with Gasteiger partial charge in [0.05, 0.1) is 6.10 Å². The van der Waals surface area contributed by atoms with Gasteiger partial charge in [-0.15, -0.1) is 0 Å². The molecule has 0 bridgehead atoms. The highest BCUT2D eigenvalue weighted by molar-refractivity contribution is 5.55. The summed E-state index contributed by atoms with van der Waals surface area (Å²) in [4.78, 5) is 4.49. The van der Waals surface area contributed by atoms with Gasteiger partial charge in [0, 0.05) is 30.9 Å².